The molecule has 0 aliphatic heterocycles. The SMILES string of the molecule is C=CCCCCCCOP(=O)(CC)OCC. The number of rotatable bonds is 11. The van der Waals surface area contributed by atoms with E-state index in [1.165, 1.54) is 12.8 Å². The smallest absolute Gasteiger partial charge is 0.309 e. The average molecular weight is 248 g/mol. The monoisotopic (exact) mass is 248 g/mol. The summed E-state index contributed by atoms with van der Waals surface area (Å²) in [5.41, 5.74) is 0. The van der Waals surface area contributed by atoms with Gasteiger partial charge in [-0.1, -0.05) is 25.8 Å². The van der Waals surface area contributed by atoms with Gasteiger partial charge in [-0.2, -0.15) is 0 Å². The average Bonchev–Trinajstić information content (AvgIpc) is 2.28. The molecule has 1 atom stereocenters. The fraction of sp³-hybridized carbons (Fsp3) is 0.833. The lowest BCUT2D eigenvalue weighted by atomic mass is 10.1. The van der Waals surface area contributed by atoms with Gasteiger partial charge in [0.2, 0.25) is 0 Å². The van der Waals surface area contributed by atoms with Gasteiger partial charge in [0.25, 0.3) is 0 Å². The van der Waals surface area contributed by atoms with Gasteiger partial charge < -0.3 is 9.05 Å². The van der Waals surface area contributed by atoms with E-state index in [1.54, 1.807) is 0 Å². The van der Waals surface area contributed by atoms with E-state index in [-0.39, 0.29) is 0 Å². The summed E-state index contributed by atoms with van der Waals surface area (Å²) in [5, 5.41) is 0. The van der Waals surface area contributed by atoms with Crippen LogP contribution < -0.4 is 0 Å². The summed E-state index contributed by atoms with van der Waals surface area (Å²) >= 11 is 0. The van der Waals surface area contributed by atoms with E-state index in [0.717, 1.165) is 19.3 Å². The lowest BCUT2D eigenvalue weighted by molar-refractivity contribution is 0.209. The largest absolute Gasteiger partial charge is 0.330 e. The third kappa shape index (κ3) is 8.09. The van der Waals surface area contributed by atoms with E-state index in [9.17, 15) is 4.57 Å². The second-order valence-electron chi connectivity index (χ2n) is 3.67. The van der Waals surface area contributed by atoms with Gasteiger partial charge in [-0.15, -0.1) is 6.58 Å². The second kappa shape index (κ2) is 10.1. The van der Waals surface area contributed by atoms with Crippen LogP contribution in [0.25, 0.3) is 0 Å². The summed E-state index contributed by atoms with van der Waals surface area (Å²) in [4.78, 5) is 0. The number of allylic oxidation sites excluding steroid dienone is 1. The minimum absolute atomic E-state index is 0.449. The van der Waals surface area contributed by atoms with Crippen LogP contribution in [-0.2, 0) is 13.6 Å². The molecule has 0 aromatic carbocycles. The Kier molecular flexibility index (Phi) is 10.0. The van der Waals surface area contributed by atoms with Crippen molar-refractivity contribution in [3.8, 4) is 0 Å². The molecule has 96 valence electrons. The molecule has 0 saturated carbocycles. The fourth-order valence-corrected chi connectivity index (χ4v) is 2.60. The van der Waals surface area contributed by atoms with E-state index in [0.29, 0.717) is 19.4 Å². The number of hydrogen-bond donors (Lipinski definition) is 0. The van der Waals surface area contributed by atoms with E-state index >= 15 is 0 Å². The van der Waals surface area contributed by atoms with Gasteiger partial charge in [0.15, 0.2) is 0 Å². The van der Waals surface area contributed by atoms with Gasteiger partial charge in [0.05, 0.1) is 13.2 Å². The second-order valence-corrected chi connectivity index (χ2v) is 6.04. The fourth-order valence-electron chi connectivity index (χ4n) is 1.36. The maximum Gasteiger partial charge on any atom is 0.330 e. The molecule has 0 aliphatic rings. The van der Waals surface area contributed by atoms with Gasteiger partial charge in [0.1, 0.15) is 0 Å². The van der Waals surface area contributed by atoms with Gasteiger partial charge >= 0.3 is 7.60 Å². The molecule has 0 spiro atoms. The highest BCUT2D eigenvalue weighted by Crippen LogP contribution is 2.47. The van der Waals surface area contributed by atoms with Crippen LogP contribution in [0.3, 0.4) is 0 Å². The third-order valence-electron chi connectivity index (χ3n) is 2.30. The topological polar surface area (TPSA) is 35.5 Å². The number of unbranched alkanes of at least 4 members (excludes halogenated alkanes) is 4. The molecule has 0 heterocycles. The minimum Gasteiger partial charge on any atom is -0.309 e. The van der Waals surface area contributed by atoms with Crippen molar-refractivity contribution in [2.45, 2.75) is 46.0 Å². The Balaban J connectivity index is 3.48. The molecule has 0 fully saturated rings. The van der Waals surface area contributed by atoms with Crippen LogP contribution in [-0.4, -0.2) is 19.4 Å². The van der Waals surface area contributed by atoms with Crippen molar-refractivity contribution >= 4 is 7.60 Å². The zero-order valence-electron chi connectivity index (χ0n) is 10.6. The van der Waals surface area contributed by atoms with Crippen LogP contribution in [0.15, 0.2) is 12.7 Å². The van der Waals surface area contributed by atoms with Gasteiger partial charge in [-0.3, -0.25) is 4.57 Å². The first kappa shape index (κ1) is 15.9. The Labute approximate surface area is 99.8 Å². The highest BCUT2D eigenvalue weighted by Gasteiger charge is 2.20. The van der Waals surface area contributed by atoms with Crippen molar-refractivity contribution in [2.24, 2.45) is 0 Å². The summed E-state index contributed by atoms with van der Waals surface area (Å²) in [6.45, 7) is 8.34. The van der Waals surface area contributed by atoms with E-state index in [1.807, 2.05) is 19.9 Å². The molecule has 0 saturated heterocycles. The molecule has 0 N–H and O–H groups in total. The van der Waals surface area contributed by atoms with Crippen LogP contribution >= 0.6 is 7.60 Å². The van der Waals surface area contributed by atoms with Crippen LogP contribution in [0.4, 0.5) is 0 Å². The van der Waals surface area contributed by atoms with Crippen molar-refractivity contribution in [1.82, 2.24) is 0 Å². The zero-order chi connectivity index (χ0) is 12.3. The molecule has 0 bridgehead atoms. The highest BCUT2D eigenvalue weighted by atomic mass is 31.2. The van der Waals surface area contributed by atoms with Crippen molar-refractivity contribution in [2.75, 3.05) is 19.4 Å². The van der Waals surface area contributed by atoms with Crippen molar-refractivity contribution in [3.05, 3.63) is 12.7 Å². The van der Waals surface area contributed by atoms with E-state index < -0.39 is 7.60 Å². The Morgan fingerprint density at radius 2 is 1.81 bits per heavy atom. The summed E-state index contributed by atoms with van der Waals surface area (Å²) in [6, 6.07) is 0. The Hall–Kier alpha value is -0.110. The molecular weight excluding hydrogens is 223 g/mol. The Morgan fingerprint density at radius 1 is 1.12 bits per heavy atom. The van der Waals surface area contributed by atoms with Crippen molar-refractivity contribution in [1.29, 1.82) is 0 Å². The summed E-state index contributed by atoms with van der Waals surface area (Å²) < 4.78 is 22.3. The quantitative estimate of drug-likeness (QED) is 0.309. The molecule has 0 amide bonds. The van der Waals surface area contributed by atoms with Gasteiger partial charge in [-0.25, -0.2) is 0 Å². The molecule has 0 aliphatic carbocycles. The standard InChI is InChI=1S/C12H25O3P/c1-4-7-8-9-10-11-12-15-16(13,6-3)14-5-2/h4H,1,5-12H2,2-3H3. The molecule has 0 rings (SSSR count). The maximum atomic E-state index is 11.9. The van der Waals surface area contributed by atoms with Crippen LogP contribution in [0, 0.1) is 0 Å². The maximum absolute atomic E-state index is 11.9. The van der Waals surface area contributed by atoms with Crippen molar-refractivity contribution in [3.63, 3.8) is 0 Å². The Bertz CT molecular complexity index is 216. The van der Waals surface area contributed by atoms with Gasteiger partial charge in [-0.05, 0) is 26.2 Å². The summed E-state index contributed by atoms with van der Waals surface area (Å²) in [5.74, 6) is 0. The predicted octanol–water partition coefficient (Wildman–Crippen LogP) is 4.39. The lowest BCUT2D eigenvalue weighted by Gasteiger charge is -2.15. The normalized spacial score (nSPS) is 14.6. The van der Waals surface area contributed by atoms with Crippen molar-refractivity contribution < 1.29 is 13.6 Å². The highest BCUT2D eigenvalue weighted by molar-refractivity contribution is 7.53. The minimum atomic E-state index is -2.78. The molecule has 0 aromatic heterocycles. The van der Waals surface area contributed by atoms with E-state index in [4.69, 9.17) is 9.05 Å². The first-order valence-electron chi connectivity index (χ1n) is 6.17. The van der Waals surface area contributed by atoms with Crippen LogP contribution in [0.2, 0.25) is 0 Å². The van der Waals surface area contributed by atoms with Gasteiger partial charge in [0, 0.05) is 6.16 Å². The molecule has 0 radical (unpaired) electrons. The number of hydrogen-bond acceptors (Lipinski definition) is 3. The molecular formula is C12H25O3P. The van der Waals surface area contributed by atoms with E-state index in [2.05, 4.69) is 6.58 Å². The molecule has 4 heteroatoms. The summed E-state index contributed by atoms with van der Waals surface area (Å²) in [6.07, 6.45) is 7.90. The van der Waals surface area contributed by atoms with Crippen LogP contribution in [0.5, 0.6) is 0 Å². The first-order chi connectivity index (χ1) is 7.68. The lowest BCUT2D eigenvalue weighted by Crippen LogP contribution is -1.99. The first-order valence-corrected chi connectivity index (χ1v) is 7.90. The van der Waals surface area contributed by atoms with Crippen LogP contribution in [0.1, 0.15) is 46.0 Å². The third-order valence-corrected chi connectivity index (χ3v) is 4.31. The molecule has 1 unspecified atom stereocenters. The molecule has 0 aromatic rings. The molecule has 3 nitrogen and oxygen atoms in total. The predicted molar refractivity (Wildman–Crippen MR) is 69.0 cm³/mol. The zero-order valence-corrected chi connectivity index (χ0v) is 11.5. The molecule has 16 heavy (non-hydrogen) atoms. The Morgan fingerprint density at radius 3 is 2.38 bits per heavy atom. The summed E-state index contributed by atoms with van der Waals surface area (Å²) in [7, 11) is -2.78.